The normalized spacial score (nSPS) is 10.2. The molecule has 6 nitrogen and oxygen atoms in total. The van der Waals surface area contributed by atoms with Crippen LogP contribution in [-0.4, -0.2) is 18.4 Å². The van der Waals surface area contributed by atoms with Crippen molar-refractivity contribution in [2.24, 2.45) is 11.5 Å². The fourth-order valence-corrected chi connectivity index (χ4v) is 1.84. The van der Waals surface area contributed by atoms with E-state index in [1.165, 1.54) is 12.3 Å². The number of rotatable bonds is 5. The summed E-state index contributed by atoms with van der Waals surface area (Å²) >= 11 is 0. The fourth-order valence-electron chi connectivity index (χ4n) is 1.84. The summed E-state index contributed by atoms with van der Waals surface area (Å²) in [5.74, 6) is -0.948. The third-order valence-corrected chi connectivity index (χ3v) is 2.67. The van der Waals surface area contributed by atoms with Crippen LogP contribution in [0.5, 0.6) is 0 Å². The van der Waals surface area contributed by atoms with E-state index < -0.39 is 11.8 Å². The first kappa shape index (κ1) is 13.8. The van der Waals surface area contributed by atoms with E-state index in [0.29, 0.717) is 11.3 Å². The van der Waals surface area contributed by atoms with Gasteiger partial charge in [0.2, 0.25) is 0 Å². The van der Waals surface area contributed by atoms with Gasteiger partial charge < -0.3 is 21.2 Å². The highest BCUT2D eigenvalue weighted by molar-refractivity contribution is 6.08. The van der Waals surface area contributed by atoms with E-state index in [1.54, 1.807) is 30.7 Å². The topological polar surface area (TPSA) is 111 Å². The van der Waals surface area contributed by atoms with E-state index in [-0.39, 0.29) is 17.9 Å². The van der Waals surface area contributed by atoms with Crippen LogP contribution in [0.2, 0.25) is 0 Å². The van der Waals surface area contributed by atoms with Crippen molar-refractivity contribution in [1.82, 2.24) is 0 Å². The van der Waals surface area contributed by atoms with Crippen molar-refractivity contribution in [2.75, 3.05) is 11.9 Å². The molecule has 0 saturated carbocycles. The third kappa shape index (κ3) is 2.86. The summed E-state index contributed by atoms with van der Waals surface area (Å²) in [7, 11) is 0. The Morgan fingerprint density at radius 2 is 2.05 bits per heavy atom. The van der Waals surface area contributed by atoms with E-state index in [9.17, 15) is 9.59 Å². The van der Waals surface area contributed by atoms with Gasteiger partial charge in [0.25, 0.3) is 11.8 Å². The van der Waals surface area contributed by atoms with Gasteiger partial charge in [-0.2, -0.15) is 0 Å². The Labute approximate surface area is 115 Å². The van der Waals surface area contributed by atoms with E-state index in [2.05, 4.69) is 5.32 Å². The van der Waals surface area contributed by atoms with Gasteiger partial charge in [-0.15, -0.1) is 0 Å². The fraction of sp³-hybridized carbons (Fsp3) is 0.0714. The highest BCUT2D eigenvalue weighted by atomic mass is 16.3. The highest BCUT2D eigenvalue weighted by Crippen LogP contribution is 2.21. The average molecular weight is 272 g/mol. The van der Waals surface area contributed by atoms with E-state index >= 15 is 0 Å². The minimum absolute atomic E-state index is 0.147. The highest BCUT2D eigenvalue weighted by Gasteiger charge is 2.17. The molecule has 1 heterocycles. The molecule has 6 heteroatoms. The molecule has 0 atom stereocenters. The second-order valence-corrected chi connectivity index (χ2v) is 4.01. The zero-order chi connectivity index (χ0) is 14.5. The Kier molecular flexibility index (Phi) is 4.17. The summed E-state index contributed by atoms with van der Waals surface area (Å²) in [4.78, 5) is 23.5. The Bertz CT molecular complexity index is 621. The van der Waals surface area contributed by atoms with Crippen LogP contribution in [0.25, 0.3) is 0 Å². The van der Waals surface area contributed by atoms with Gasteiger partial charge in [0, 0.05) is 6.42 Å². The maximum atomic E-state index is 11.9. The molecule has 0 aliphatic rings. The van der Waals surface area contributed by atoms with Gasteiger partial charge in [-0.05, 0) is 30.3 Å². The number of nitrogens with two attached hydrogens (primary N) is 2. The number of benzene rings is 1. The molecule has 0 aliphatic heterocycles. The van der Waals surface area contributed by atoms with Gasteiger partial charge in [-0.25, -0.2) is 0 Å². The monoisotopic (exact) mass is 272 g/mol. The smallest absolute Gasteiger partial charge is 0.291 e. The Balaban J connectivity index is 2.33. The largest absolute Gasteiger partial charge is 0.459 e. The molecule has 0 fully saturated rings. The quantitative estimate of drug-likeness (QED) is 0.757. The number of primary amides is 1. The molecule has 20 heavy (non-hydrogen) atoms. The molecule has 2 amide bonds. The lowest BCUT2D eigenvalue weighted by molar-refractivity contribution is 0.0996. The van der Waals surface area contributed by atoms with E-state index in [4.69, 9.17) is 15.9 Å². The van der Waals surface area contributed by atoms with Crippen LogP contribution in [-0.2, 0) is 0 Å². The molecular weight excluding hydrogens is 258 g/mol. The molecule has 0 saturated heterocycles. The van der Waals surface area contributed by atoms with Gasteiger partial charge >= 0.3 is 0 Å². The lowest BCUT2D eigenvalue weighted by Crippen LogP contribution is -2.20. The molecule has 5 N–H and O–H groups in total. The Hall–Kier alpha value is -2.60. The summed E-state index contributed by atoms with van der Waals surface area (Å²) < 4.78 is 4.99. The molecule has 2 aromatic rings. The number of carbonyl (C=O) groups is 2. The first-order chi connectivity index (χ1) is 9.63. The number of nitrogens with one attached hydrogen (secondary N) is 1. The molecule has 0 aliphatic carbocycles. The van der Waals surface area contributed by atoms with Crippen LogP contribution in [0.4, 0.5) is 5.69 Å². The van der Waals surface area contributed by atoms with E-state index in [0.717, 1.165) is 0 Å². The van der Waals surface area contributed by atoms with Gasteiger partial charge in [0.05, 0.1) is 17.5 Å². The van der Waals surface area contributed by atoms with Crippen LogP contribution in [0.1, 0.15) is 26.5 Å². The molecule has 0 spiro atoms. The maximum absolute atomic E-state index is 11.9. The summed E-state index contributed by atoms with van der Waals surface area (Å²) in [6, 6.07) is 8.12. The summed E-state index contributed by atoms with van der Waals surface area (Å²) in [5.41, 5.74) is 11.9. The van der Waals surface area contributed by atoms with Crippen molar-refractivity contribution in [3.63, 3.8) is 0 Å². The van der Waals surface area contributed by atoms with E-state index in [1.807, 2.05) is 0 Å². The lowest BCUT2D eigenvalue weighted by atomic mass is 10.0. The standard InChI is InChI=1S/C14H14N3O3/c15-7-6-9-3-1-4-10(12(9)13(16)18)17-14(19)11-5-2-8-20-11/h1-6,8H,7,15H2,(H2,16,18)(H,17,19). The zero-order valence-electron chi connectivity index (χ0n) is 10.6. The SMILES string of the molecule is NC[CH]c1cccc(NC(=O)c2ccco2)c1C(N)=O. The van der Waals surface area contributed by atoms with Crippen LogP contribution in [0.3, 0.4) is 0 Å². The minimum atomic E-state index is -0.639. The number of hydrogen-bond donors (Lipinski definition) is 3. The number of carbonyl (C=O) groups excluding carboxylic acids is 2. The van der Waals surface area contributed by atoms with Crippen molar-refractivity contribution in [1.29, 1.82) is 0 Å². The van der Waals surface area contributed by atoms with Crippen LogP contribution < -0.4 is 16.8 Å². The van der Waals surface area contributed by atoms with Crippen molar-refractivity contribution in [3.8, 4) is 0 Å². The molecule has 103 valence electrons. The number of hydrogen-bond acceptors (Lipinski definition) is 4. The summed E-state index contributed by atoms with van der Waals surface area (Å²) in [6.45, 7) is 0.260. The Morgan fingerprint density at radius 3 is 2.65 bits per heavy atom. The predicted molar refractivity (Wildman–Crippen MR) is 74.1 cm³/mol. The van der Waals surface area contributed by atoms with Crippen molar-refractivity contribution in [2.45, 2.75) is 0 Å². The molecule has 1 aromatic carbocycles. The maximum Gasteiger partial charge on any atom is 0.291 e. The third-order valence-electron chi connectivity index (χ3n) is 2.67. The predicted octanol–water partition coefficient (Wildman–Crippen LogP) is 1.14. The molecule has 0 bridgehead atoms. The molecule has 1 radical (unpaired) electrons. The molecule has 0 unspecified atom stereocenters. The molecular formula is C14H14N3O3. The Morgan fingerprint density at radius 1 is 1.25 bits per heavy atom. The number of anilines is 1. The van der Waals surface area contributed by atoms with Crippen molar-refractivity contribution in [3.05, 3.63) is 59.9 Å². The summed E-state index contributed by atoms with van der Waals surface area (Å²) in [5, 5.41) is 2.60. The van der Waals surface area contributed by atoms with Crippen LogP contribution in [0, 0.1) is 6.42 Å². The van der Waals surface area contributed by atoms with Gasteiger partial charge in [-0.1, -0.05) is 12.1 Å². The second-order valence-electron chi connectivity index (χ2n) is 4.01. The van der Waals surface area contributed by atoms with Crippen LogP contribution in [0.15, 0.2) is 41.0 Å². The average Bonchev–Trinajstić information content (AvgIpc) is 2.92. The minimum Gasteiger partial charge on any atom is -0.459 e. The van der Waals surface area contributed by atoms with Gasteiger partial charge in [-0.3, -0.25) is 9.59 Å². The molecule has 2 rings (SSSR count). The lowest BCUT2D eigenvalue weighted by Gasteiger charge is -2.12. The second kappa shape index (κ2) is 6.03. The van der Waals surface area contributed by atoms with Crippen LogP contribution >= 0.6 is 0 Å². The van der Waals surface area contributed by atoms with Gasteiger partial charge in [0.1, 0.15) is 0 Å². The van der Waals surface area contributed by atoms with Crippen molar-refractivity contribution < 1.29 is 14.0 Å². The summed E-state index contributed by atoms with van der Waals surface area (Å²) in [6.07, 6.45) is 3.05. The first-order valence-corrected chi connectivity index (χ1v) is 5.94. The first-order valence-electron chi connectivity index (χ1n) is 5.94. The zero-order valence-corrected chi connectivity index (χ0v) is 10.6. The number of amides is 2. The van der Waals surface area contributed by atoms with Gasteiger partial charge in [0.15, 0.2) is 5.76 Å². The number of furan rings is 1. The molecule has 1 aromatic heterocycles. The van der Waals surface area contributed by atoms with Crippen molar-refractivity contribution >= 4 is 17.5 Å².